The fourth-order valence-electron chi connectivity index (χ4n) is 10.3. The molecule has 5 aromatic rings. The number of unbranched alkanes of at least 4 members (excludes halogenated alkanes) is 2. The van der Waals surface area contributed by atoms with Crippen molar-refractivity contribution >= 4 is 23.2 Å². The number of aliphatic hydroxyl groups is 2. The summed E-state index contributed by atoms with van der Waals surface area (Å²) in [4.78, 5) is 44.6. The molecule has 0 saturated heterocycles. The van der Waals surface area contributed by atoms with Gasteiger partial charge in [0.05, 0.1) is 28.1 Å². The van der Waals surface area contributed by atoms with Gasteiger partial charge in [0.15, 0.2) is 0 Å². The first kappa shape index (κ1) is 51.8. The summed E-state index contributed by atoms with van der Waals surface area (Å²) in [5.41, 5.74) is 3.01. The Morgan fingerprint density at radius 1 is 0.836 bits per heavy atom. The maximum absolute atomic E-state index is 15.1. The third kappa shape index (κ3) is 11.9. The molecule has 382 valence electrons. The number of fused-ring (bicyclic) bond motifs is 2. The van der Waals surface area contributed by atoms with Crippen molar-refractivity contribution in [2.75, 3.05) is 19.8 Å². The van der Waals surface area contributed by atoms with Crippen LogP contribution in [0.2, 0.25) is 0 Å². The molecule has 0 bridgehead atoms. The van der Waals surface area contributed by atoms with Gasteiger partial charge in [-0.1, -0.05) is 60.5 Å². The highest BCUT2D eigenvalue weighted by Gasteiger charge is 2.66. The highest BCUT2D eigenvalue weighted by atomic mass is 19.1. The third-order valence-corrected chi connectivity index (χ3v) is 13.7. The van der Waals surface area contributed by atoms with Gasteiger partial charge in [-0.3, -0.25) is 25.1 Å². The lowest BCUT2D eigenvalue weighted by Gasteiger charge is -2.59. The predicted molar refractivity (Wildman–Crippen MR) is 265 cm³/mol. The van der Waals surface area contributed by atoms with Crippen LogP contribution in [-0.2, 0) is 29.3 Å². The van der Waals surface area contributed by atoms with Gasteiger partial charge in [0.1, 0.15) is 48.1 Å². The Hall–Kier alpha value is -7.54. The van der Waals surface area contributed by atoms with Gasteiger partial charge in [-0.05, 0) is 115 Å². The van der Waals surface area contributed by atoms with Crippen LogP contribution in [0.4, 0.5) is 25.0 Å². The number of oxime groups is 1. The van der Waals surface area contributed by atoms with Gasteiger partial charge in [-0.25, -0.2) is 13.6 Å². The molecule has 8 rings (SSSR count). The highest BCUT2D eigenvalue weighted by molar-refractivity contribution is 6.03. The van der Waals surface area contributed by atoms with Crippen molar-refractivity contribution in [3.8, 4) is 17.2 Å². The van der Waals surface area contributed by atoms with Crippen molar-refractivity contribution in [2.45, 2.75) is 82.5 Å². The second-order valence-electron chi connectivity index (χ2n) is 18.2. The van der Waals surface area contributed by atoms with Crippen LogP contribution in [0.25, 0.3) is 0 Å². The molecule has 1 aliphatic heterocycles. The second-order valence-corrected chi connectivity index (χ2v) is 18.2. The van der Waals surface area contributed by atoms with E-state index in [9.17, 15) is 39.2 Å². The van der Waals surface area contributed by atoms with Crippen LogP contribution in [0.15, 0.2) is 145 Å². The molecule has 3 aliphatic rings. The number of hydrogen-bond donors (Lipinski definition) is 2. The van der Waals surface area contributed by atoms with Gasteiger partial charge in [0, 0.05) is 67.5 Å². The van der Waals surface area contributed by atoms with Gasteiger partial charge in [0.25, 0.3) is 11.4 Å². The molecule has 0 radical (unpaired) electrons. The van der Waals surface area contributed by atoms with Crippen LogP contribution in [0.3, 0.4) is 0 Å². The number of carbonyl (C=O) groups excluding carboxylic acids is 1. The first-order valence-electron chi connectivity index (χ1n) is 24.2. The Morgan fingerprint density at radius 2 is 1.49 bits per heavy atom. The number of benzene rings is 5. The third-order valence-electron chi connectivity index (χ3n) is 13.7. The summed E-state index contributed by atoms with van der Waals surface area (Å²) in [6.07, 6.45) is 6.44. The molecule has 2 aliphatic carbocycles. The number of nitro benzene ring substituents is 2. The Morgan fingerprint density at radius 3 is 2.16 bits per heavy atom. The van der Waals surface area contributed by atoms with Crippen molar-refractivity contribution in [3.63, 3.8) is 0 Å². The molecule has 0 spiro atoms. The molecule has 1 saturated carbocycles. The minimum absolute atomic E-state index is 0.000477. The van der Waals surface area contributed by atoms with Crippen LogP contribution < -0.4 is 14.2 Å². The Kier molecular flexibility index (Phi) is 16.9. The number of rotatable bonds is 23. The molecule has 1 amide bonds. The largest absolute Gasteiger partial charge is 0.489 e. The topological polar surface area (TPSA) is 206 Å². The summed E-state index contributed by atoms with van der Waals surface area (Å²) in [6.45, 7) is 3.55. The normalized spacial score (nSPS) is 21.2. The monoisotopic (exact) mass is 1000 g/mol. The van der Waals surface area contributed by atoms with Gasteiger partial charge >= 0.3 is 6.09 Å². The number of ether oxygens (including phenoxy) is 4. The molecule has 73 heavy (non-hydrogen) atoms. The van der Waals surface area contributed by atoms with Crippen molar-refractivity contribution in [1.29, 1.82) is 0 Å². The van der Waals surface area contributed by atoms with E-state index >= 15 is 4.79 Å². The molecule has 1 fully saturated rings. The fraction of sp³-hybridized carbons (Fsp3) is 0.345. The lowest BCUT2D eigenvalue weighted by molar-refractivity contribution is -0.385. The zero-order valence-electron chi connectivity index (χ0n) is 39.9. The van der Waals surface area contributed by atoms with E-state index in [0.29, 0.717) is 78.0 Å². The summed E-state index contributed by atoms with van der Waals surface area (Å²) >= 11 is 0. The van der Waals surface area contributed by atoms with E-state index < -0.39 is 51.2 Å². The number of amides is 1. The van der Waals surface area contributed by atoms with E-state index in [1.54, 1.807) is 48.5 Å². The second kappa shape index (κ2) is 23.8. The van der Waals surface area contributed by atoms with E-state index in [-0.39, 0.29) is 75.0 Å². The smallest absolute Gasteiger partial charge is 0.416 e. The van der Waals surface area contributed by atoms with E-state index in [1.165, 1.54) is 71.6 Å². The molecule has 6 unspecified atom stereocenters. The number of non-ortho nitro benzene ring substituents is 2. The number of allylic oxidation sites excluding steroid dienone is 1. The number of hydrogen-bond acceptors (Lipinski definition) is 13. The molecular weight excluding hydrogens is 947 g/mol. The zero-order chi connectivity index (χ0) is 51.5. The van der Waals surface area contributed by atoms with Crippen molar-refractivity contribution in [3.05, 3.63) is 194 Å². The molecule has 2 N–H and O–H groups in total. The van der Waals surface area contributed by atoms with E-state index in [1.807, 2.05) is 6.07 Å². The summed E-state index contributed by atoms with van der Waals surface area (Å²) in [5, 5.41) is 47.9. The van der Waals surface area contributed by atoms with E-state index in [0.717, 1.165) is 5.56 Å². The standard InChI is InChI=1S/C55H56F2N4O12/c1-2-29-70-55-51(59(33-36-13-17-40(56)18-14-36)54(64)72-43-23-21-42(22-24-43)61(67)68)32-49(58-71-34-37-15-19-41(20-16-37)60(65)66)46-30-38(9-5-7-27-62)45(11-6-8-28-63)52(53(46)55)47-31-44(25-26-50(47)73-55)69-35-39-10-3-4-12-48(39)57/h2-4,10,12-26,30-31,38,45,51-53,62-63H,1,5-9,11,27-29,32-35H2. The zero-order valence-corrected chi connectivity index (χ0v) is 39.9. The van der Waals surface area contributed by atoms with Crippen LogP contribution in [0.1, 0.15) is 73.1 Å². The first-order valence-corrected chi connectivity index (χ1v) is 24.2. The Bertz CT molecular complexity index is 2810. The highest BCUT2D eigenvalue weighted by Crippen LogP contribution is 2.62. The SMILES string of the molecule is C=CCOC12Oc3ccc(OCc4ccccc4F)cc3C3C(CCCCO)C(CCCCO)C=C(C(=NOCc4ccc([N+](=O)[O-])cc4)CC1N(Cc1ccc(F)cc1)C(=O)Oc1ccc([N+](=O)[O-])cc1)C32. The minimum atomic E-state index is -1.76. The number of halogens is 2. The molecule has 1 heterocycles. The molecule has 6 atom stereocenters. The maximum Gasteiger partial charge on any atom is 0.416 e. The van der Waals surface area contributed by atoms with Gasteiger partial charge in [-0.15, -0.1) is 6.58 Å². The summed E-state index contributed by atoms with van der Waals surface area (Å²) in [5.74, 6) is -3.40. The van der Waals surface area contributed by atoms with Gasteiger partial charge in [-0.2, -0.15) is 0 Å². The average Bonchev–Trinajstić information content (AvgIpc) is 3.39. The van der Waals surface area contributed by atoms with Crippen molar-refractivity contribution < 1.29 is 57.4 Å². The number of carbonyl (C=O) groups is 1. The molecular formula is C55H56F2N4O12. The van der Waals surface area contributed by atoms with Crippen LogP contribution >= 0.6 is 0 Å². The Labute approximate surface area is 420 Å². The van der Waals surface area contributed by atoms with Gasteiger partial charge < -0.3 is 34.0 Å². The summed E-state index contributed by atoms with van der Waals surface area (Å²) in [6, 6.07) is 27.1. The number of nitro groups is 2. The number of aliphatic hydroxyl groups excluding tert-OH is 2. The van der Waals surface area contributed by atoms with Gasteiger partial charge in [0.2, 0.25) is 5.79 Å². The summed E-state index contributed by atoms with van der Waals surface area (Å²) in [7, 11) is 0. The molecule has 16 nitrogen and oxygen atoms in total. The van der Waals surface area contributed by atoms with E-state index in [2.05, 4.69) is 12.7 Å². The number of nitrogens with zero attached hydrogens (tertiary/aromatic N) is 4. The maximum atomic E-state index is 15.1. The first-order chi connectivity index (χ1) is 35.4. The lowest BCUT2D eigenvalue weighted by Crippen LogP contribution is -2.70. The quantitative estimate of drug-likeness (QED) is 0.0271. The summed E-state index contributed by atoms with van der Waals surface area (Å²) < 4.78 is 56.1. The van der Waals surface area contributed by atoms with Crippen LogP contribution in [0, 0.1) is 49.6 Å². The average molecular weight is 1000 g/mol. The van der Waals surface area contributed by atoms with Crippen LogP contribution in [0.5, 0.6) is 17.2 Å². The lowest BCUT2D eigenvalue weighted by atomic mass is 9.55. The Balaban J connectivity index is 1.33. The molecule has 5 aromatic carbocycles. The van der Waals surface area contributed by atoms with Crippen molar-refractivity contribution in [2.24, 2.45) is 22.9 Å². The van der Waals surface area contributed by atoms with Crippen LogP contribution in [-0.4, -0.2) is 68.4 Å². The minimum Gasteiger partial charge on any atom is -0.489 e. The van der Waals surface area contributed by atoms with Crippen molar-refractivity contribution in [1.82, 2.24) is 4.90 Å². The predicted octanol–water partition coefficient (Wildman–Crippen LogP) is 10.9. The molecule has 0 aromatic heterocycles. The fourth-order valence-corrected chi connectivity index (χ4v) is 10.3. The van der Waals surface area contributed by atoms with E-state index in [4.69, 9.17) is 28.9 Å². The molecule has 18 heteroatoms.